The first-order valence-corrected chi connectivity index (χ1v) is 18.9. The molecule has 0 saturated heterocycles. The molecule has 2 aromatic heterocycles. The lowest BCUT2D eigenvalue weighted by Crippen LogP contribution is -2.44. The van der Waals surface area contributed by atoms with Gasteiger partial charge in [0.15, 0.2) is 11.4 Å². The largest absolute Gasteiger partial charge is 0.361 e. The molecule has 2 aromatic rings. The maximum Gasteiger partial charge on any atom is 0.273 e. The van der Waals surface area contributed by atoms with E-state index in [9.17, 15) is 19.2 Å². The molecule has 280 valence electrons. The van der Waals surface area contributed by atoms with Crippen LogP contribution in [0.5, 0.6) is 0 Å². The van der Waals surface area contributed by atoms with E-state index in [-0.39, 0.29) is 47.5 Å². The van der Waals surface area contributed by atoms with Crippen molar-refractivity contribution >= 4 is 23.4 Å². The molecule has 2 heterocycles. The quantitative estimate of drug-likeness (QED) is 0.168. The minimum absolute atomic E-state index is 0.0689. The van der Waals surface area contributed by atoms with Gasteiger partial charge in [-0.15, -0.1) is 0 Å². The van der Waals surface area contributed by atoms with E-state index in [2.05, 4.69) is 34.8 Å². The molecule has 0 spiro atoms. The van der Waals surface area contributed by atoms with Crippen LogP contribution < -0.4 is 22.1 Å². The molecular weight excluding hydrogens is 636 g/mol. The number of amides is 2. The number of carbonyl (C=O) groups excluding carboxylic acids is 4. The fourth-order valence-corrected chi connectivity index (χ4v) is 7.56. The predicted molar refractivity (Wildman–Crippen MR) is 192 cm³/mol. The van der Waals surface area contributed by atoms with E-state index < -0.39 is 0 Å². The Labute approximate surface area is 298 Å². The number of nitrogens with one attached hydrogen (secondary N) is 2. The summed E-state index contributed by atoms with van der Waals surface area (Å²) in [6.07, 6.45) is 11.2. The topological polar surface area (TPSA) is 196 Å². The first kappa shape index (κ1) is 41.0. The highest BCUT2D eigenvalue weighted by atomic mass is 16.5. The molecule has 0 radical (unpaired) electrons. The number of aryl methyl sites for hydroxylation is 2. The summed E-state index contributed by atoms with van der Waals surface area (Å²) < 4.78 is 10.2. The lowest BCUT2D eigenvalue weighted by molar-refractivity contribution is -0.121. The molecule has 12 heteroatoms. The zero-order chi connectivity index (χ0) is 36.8. The number of rotatable bonds is 16. The summed E-state index contributed by atoms with van der Waals surface area (Å²) in [5.41, 5.74) is 12.1. The third-order valence-electron chi connectivity index (χ3n) is 10.3. The normalized spacial score (nSPS) is 24.7. The van der Waals surface area contributed by atoms with Crippen molar-refractivity contribution in [2.24, 2.45) is 35.1 Å². The van der Waals surface area contributed by atoms with Crippen molar-refractivity contribution < 1.29 is 28.2 Å². The fourth-order valence-electron chi connectivity index (χ4n) is 7.56. The Bertz CT molecular complexity index is 1270. The molecule has 12 nitrogen and oxygen atoms in total. The smallest absolute Gasteiger partial charge is 0.273 e. The first-order valence-electron chi connectivity index (χ1n) is 18.9. The zero-order valence-corrected chi connectivity index (χ0v) is 31.2. The summed E-state index contributed by atoms with van der Waals surface area (Å²) in [5.74, 6) is 3.20. The van der Waals surface area contributed by atoms with Crippen molar-refractivity contribution in [3.8, 4) is 0 Å². The summed E-state index contributed by atoms with van der Waals surface area (Å²) in [6.45, 7) is 11.9. The number of nitrogens with two attached hydrogens (primary N) is 2. The minimum Gasteiger partial charge on any atom is -0.361 e. The van der Waals surface area contributed by atoms with Gasteiger partial charge in [-0.05, 0) is 76.0 Å². The van der Waals surface area contributed by atoms with Gasteiger partial charge >= 0.3 is 0 Å². The van der Waals surface area contributed by atoms with Crippen LogP contribution >= 0.6 is 0 Å². The molecule has 2 saturated carbocycles. The third-order valence-corrected chi connectivity index (χ3v) is 10.3. The second kappa shape index (κ2) is 20.5. The average Bonchev–Trinajstić information content (AvgIpc) is 3.76. The van der Waals surface area contributed by atoms with E-state index in [1.165, 1.54) is 0 Å². The number of hydrogen-bond donors (Lipinski definition) is 4. The lowest BCUT2D eigenvalue weighted by atomic mass is 9.74. The number of ketones is 2. The average molecular weight is 699 g/mol. The summed E-state index contributed by atoms with van der Waals surface area (Å²) in [4.78, 5) is 48.8. The molecule has 0 aliphatic heterocycles. The second-order valence-electron chi connectivity index (χ2n) is 14.8. The number of nitrogens with zero attached hydrogens (tertiary/aromatic N) is 2. The fraction of sp³-hybridized carbons (Fsp3) is 0.737. The Kier molecular flexibility index (Phi) is 16.8. The van der Waals surface area contributed by atoms with Gasteiger partial charge in [-0.2, -0.15) is 0 Å². The molecule has 2 aliphatic rings. The Hall–Kier alpha value is -3.38. The van der Waals surface area contributed by atoms with E-state index in [0.29, 0.717) is 72.3 Å². The first-order chi connectivity index (χ1) is 23.8. The van der Waals surface area contributed by atoms with Crippen molar-refractivity contribution in [1.82, 2.24) is 20.9 Å². The van der Waals surface area contributed by atoms with Crippen molar-refractivity contribution in [1.29, 1.82) is 0 Å². The highest BCUT2D eigenvalue weighted by molar-refractivity contribution is 5.93. The van der Waals surface area contributed by atoms with Gasteiger partial charge in [0.05, 0.1) is 0 Å². The van der Waals surface area contributed by atoms with Crippen molar-refractivity contribution in [2.75, 3.05) is 0 Å². The summed E-state index contributed by atoms with van der Waals surface area (Å²) in [6, 6.07) is 3.54. The summed E-state index contributed by atoms with van der Waals surface area (Å²) in [5, 5.41) is 13.9. The van der Waals surface area contributed by atoms with Crippen LogP contribution in [0, 0.1) is 23.7 Å². The summed E-state index contributed by atoms with van der Waals surface area (Å²) in [7, 11) is 0. The highest BCUT2D eigenvalue weighted by Crippen LogP contribution is 2.35. The molecular formula is C38H62N6O6. The maximum atomic E-state index is 12.4. The third kappa shape index (κ3) is 13.1. The van der Waals surface area contributed by atoms with Crippen LogP contribution in [0.4, 0.5) is 0 Å². The van der Waals surface area contributed by atoms with Crippen LogP contribution in [-0.2, 0) is 22.4 Å². The number of carbonyl (C=O) groups is 4. The summed E-state index contributed by atoms with van der Waals surface area (Å²) >= 11 is 0. The number of aromatic nitrogens is 2. The van der Waals surface area contributed by atoms with Gasteiger partial charge in [0.2, 0.25) is 0 Å². The van der Waals surface area contributed by atoms with Gasteiger partial charge in [0.25, 0.3) is 11.8 Å². The maximum absolute atomic E-state index is 12.4. The Morgan fingerprint density at radius 3 is 1.38 bits per heavy atom. The SMILES string of the molecule is CCc1cc(C(=O)N[C@@H]2CC[C@@H](CC(=O)C[C@@H](C)N)C[C@@H]2CC)no1.CCc1cc(C(=O)N[C@H]2CC[C@H](CC(=O)C[C@@H](C)N)C[C@H]2CC)no1. The van der Waals surface area contributed by atoms with Gasteiger partial charge in [-0.25, -0.2) is 0 Å². The zero-order valence-electron chi connectivity index (χ0n) is 31.2. The minimum atomic E-state index is -0.168. The van der Waals surface area contributed by atoms with Gasteiger partial charge in [0, 0.05) is 74.8 Å². The van der Waals surface area contributed by atoms with Crippen LogP contribution in [0.15, 0.2) is 21.2 Å². The molecule has 2 aliphatic carbocycles. The van der Waals surface area contributed by atoms with Crippen molar-refractivity contribution in [3.05, 3.63) is 35.0 Å². The number of hydrogen-bond acceptors (Lipinski definition) is 10. The Morgan fingerprint density at radius 1 is 0.700 bits per heavy atom. The highest BCUT2D eigenvalue weighted by Gasteiger charge is 2.33. The van der Waals surface area contributed by atoms with Crippen LogP contribution in [0.2, 0.25) is 0 Å². The van der Waals surface area contributed by atoms with E-state index in [1.54, 1.807) is 12.1 Å². The molecule has 0 unspecified atom stereocenters. The molecule has 6 N–H and O–H groups in total. The monoisotopic (exact) mass is 698 g/mol. The molecule has 2 amide bonds. The Morgan fingerprint density at radius 2 is 1.08 bits per heavy atom. The van der Waals surface area contributed by atoms with E-state index >= 15 is 0 Å². The molecule has 2 fully saturated rings. The lowest BCUT2D eigenvalue weighted by Gasteiger charge is -2.36. The van der Waals surface area contributed by atoms with Gasteiger partial charge < -0.3 is 31.1 Å². The van der Waals surface area contributed by atoms with Gasteiger partial charge in [-0.1, -0.05) is 50.8 Å². The van der Waals surface area contributed by atoms with E-state index in [1.807, 2.05) is 27.7 Å². The molecule has 4 rings (SSSR count). The van der Waals surface area contributed by atoms with Crippen LogP contribution in [-0.4, -0.2) is 57.9 Å². The van der Waals surface area contributed by atoms with Crippen LogP contribution in [0.3, 0.4) is 0 Å². The predicted octanol–water partition coefficient (Wildman–Crippen LogP) is 5.72. The molecule has 50 heavy (non-hydrogen) atoms. The van der Waals surface area contributed by atoms with E-state index in [4.69, 9.17) is 20.5 Å². The van der Waals surface area contributed by atoms with E-state index in [0.717, 1.165) is 64.2 Å². The Balaban J connectivity index is 0.000000270. The van der Waals surface area contributed by atoms with Gasteiger partial charge in [-0.3, -0.25) is 19.2 Å². The van der Waals surface area contributed by atoms with Crippen LogP contribution in [0.1, 0.15) is 151 Å². The van der Waals surface area contributed by atoms with Crippen molar-refractivity contribution in [3.63, 3.8) is 0 Å². The standard InChI is InChI=1S/2C19H31N3O3/c2*1-4-14-9-13(10-15(23)8-12(3)20)6-7-17(14)21-19(24)18-11-16(5-2)25-22-18/h2*11-14,17H,4-10,20H2,1-3H3,(H,21,24)/t12-,13+,14-,17+;12-,13-,14+,17-/m11/s1. The molecule has 0 aromatic carbocycles. The van der Waals surface area contributed by atoms with Crippen LogP contribution in [0.25, 0.3) is 0 Å². The van der Waals surface area contributed by atoms with Crippen molar-refractivity contribution in [2.45, 2.75) is 156 Å². The molecule has 8 atom stereocenters. The number of Topliss-reactive ketones (excluding diaryl/α,β-unsaturated/α-hetero) is 2. The second-order valence-corrected chi connectivity index (χ2v) is 14.8. The molecule has 0 bridgehead atoms. The van der Waals surface area contributed by atoms with Gasteiger partial charge in [0.1, 0.15) is 23.1 Å².